The van der Waals surface area contributed by atoms with Crippen LogP contribution in [0.2, 0.25) is 10.0 Å². The zero-order chi connectivity index (χ0) is 29.4. The molecule has 2 amide bonds. The summed E-state index contributed by atoms with van der Waals surface area (Å²) >= 11 is 12.7. The van der Waals surface area contributed by atoms with Crippen molar-refractivity contribution in [3.63, 3.8) is 0 Å². The average Bonchev–Trinajstić information content (AvgIpc) is 2.94. The van der Waals surface area contributed by atoms with Crippen LogP contribution in [-0.4, -0.2) is 51.4 Å². The number of amides is 2. The molecule has 1 unspecified atom stereocenters. The number of halogens is 2. The molecule has 0 heterocycles. The minimum atomic E-state index is -4.26. The molecule has 0 spiro atoms. The third-order valence-electron chi connectivity index (χ3n) is 6.34. The summed E-state index contributed by atoms with van der Waals surface area (Å²) in [5.41, 5.74) is 1.67. The molecule has 8 nitrogen and oxygen atoms in total. The van der Waals surface area contributed by atoms with Gasteiger partial charge in [0.2, 0.25) is 11.8 Å². The smallest absolute Gasteiger partial charge is 0.264 e. The normalized spacial score (nSPS) is 11.9. The van der Waals surface area contributed by atoms with E-state index in [-0.39, 0.29) is 33.1 Å². The molecule has 1 N–H and O–H groups in total. The molecule has 11 heteroatoms. The number of hydrogen-bond acceptors (Lipinski definition) is 5. The van der Waals surface area contributed by atoms with Crippen molar-refractivity contribution in [2.24, 2.45) is 0 Å². The van der Waals surface area contributed by atoms with Crippen molar-refractivity contribution in [1.82, 2.24) is 10.2 Å². The van der Waals surface area contributed by atoms with Crippen LogP contribution < -0.4 is 14.4 Å². The van der Waals surface area contributed by atoms with Crippen molar-refractivity contribution in [3.8, 4) is 5.75 Å². The minimum Gasteiger partial charge on any atom is -0.497 e. The number of hydrogen-bond donors (Lipinski definition) is 1. The fraction of sp³-hybridized carbons (Fsp3) is 0.310. The number of benzene rings is 3. The maximum absolute atomic E-state index is 14.0. The van der Waals surface area contributed by atoms with Crippen LogP contribution in [0.3, 0.4) is 0 Å². The van der Waals surface area contributed by atoms with Gasteiger partial charge in [0, 0.05) is 13.1 Å². The molecule has 0 aliphatic carbocycles. The van der Waals surface area contributed by atoms with Gasteiger partial charge in [-0.1, -0.05) is 66.0 Å². The van der Waals surface area contributed by atoms with Crippen LogP contribution in [-0.2, 0) is 26.2 Å². The van der Waals surface area contributed by atoms with E-state index in [9.17, 15) is 18.0 Å². The van der Waals surface area contributed by atoms with Crippen molar-refractivity contribution in [2.45, 2.75) is 44.7 Å². The van der Waals surface area contributed by atoms with Crippen molar-refractivity contribution >= 4 is 50.7 Å². The summed E-state index contributed by atoms with van der Waals surface area (Å²) in [5.74, 6) is -0.274. The molecule has 0 aromatic heterocycles. The van der Waals surface area contributed by atoms with E-state index >= 15 is 0 Å². The molecule has 3 aromatic rings. The lowest BCUT2D eigenvalue weighted by Crippen LogP contribution is -2.52. The number of ether oxygens (including phenoxy) is 1. The van der Waals surface area contributed by atoms with Crippen LogP contribution in [0.1, 0.15) is 31.4 Å². The van der Waals surface area contributed by atoms with Gasteiger partial charge in [0.05, 0.1) is 27.7 Å². The molecule has 0 saturated carbocycles. The van der Waals surface area contributed by atoms with Gasteiger partial charge < -0.3 is 15.0 Å². The predicted octanol–water partition coefficient (Wildman–Crippen LogP) is 5.45. The van der Waals surface area contributed by atoms with E-state index in [1.165, 1.54) is 29.2 Å². The lowest BCUT2D eigenvalue weighted by atomic mass is 10.1. The molecular weight excluding hydrogens is 573 g/mol. The highest BCUT2D eigenvalue weighted by Crippen LogP contribution is 2.35. The van der Waals surface area contributed by atoms with Gasteiger partial charge in [-0.2, -0.15) is 0 Å². The lowest BCUT2D eigenvalue weighted by Gasteiger charge is -2.33. The highest BCUT2D eigenvalue weighted by atomic mass is 35.5. The molecule has 3 rings (SSSR count). The van der Waals surface area contributed by atoms with Crippen LogP contribution in [0.5, 0.6) is 5.75 Å². The maximum atomic E-state index is 14.0. The number of aryl methyl sites for hydroxylation is 1. The Labute approximate surface area is 245 Å². The summed E-state index contributed by atoms with van der Waals surface area (Å²) in [4.78, 5) is 28.4. The van der Waals surface area contributed by atoms with Gasteiger partial charge in [-0.15, -0.1) is 0 Å². The van der Waals surface area contributed by atoms with Crippen molar-refractivity contribution < 1.29 is 22.7 Å². The first-order chi connectivity index (χ1) is 19.0. The third kappa shape index (κ3) is 7.27. The average molecular weight is 607 g/mol. The molecule has 0 bridgehead atoms. The summed E-state index contributed by atoms with van der Waals surface area (Å²) in [6.07, 6.45) is 0.316. The molecular formula is C29H33Cl2N3O5S. The Balaban J connectivity index is 2.09. The molecule has 0 fully saturated rings. The maximum Gasteiger partial charge on any atom is 0.264 e. The third-order valence-corrected chi connectivity index (χ3v) is 8.92. The summed E-state index contributed by atoms with van der Waals surface area (Å²) in [6, 6.07) is 17.1. The molecule has 40 heavy (non-hydrogen) atoms. The van der Waals surface area contributed by atoms with Gasteiger partial charge in [0.25, 0.3) is 10.0 Å². The topological polar surface area (TPSA) is 96.0 Å². The molecule has 0 aliphatic rings. The number of likely N-dealkylation sites (N-methyl/N-ethyl adjacent to an activating group) is 1. The quantitative estimate of drug-likeness (QED) is 0.296. The molecule has 3 aromatic carbocycles. The summed E-state index contributed by atoms with van der Waals surface area (Å²) in [5, 5.41) is 2.90. The zero-order valence-corrected chi connectivity index (χ0v) is 25.2. The Morgan fingerprint density at radius 1 is 0.975 bits per heavy atom. The van der Waals surface area contributed by atoms with Gasteiger partial charge >= 0.3 is 0 Å². The first kappa shape index (κ1) is 31.3. The van der Waals surface area contributed by atoms with E-state index in [2.05, 4.69) is 5.32 Å². The molecule has 0 radical (unpaired) electrons. The predicted molar refractivity (Wildman–Crippen MR) is 158 cm³/mol. The van der Waals surface area contributed by atoms with E-state index in [0.717, 1.165) is 15.4 Å². The van der Waals surface area contributed by atoms with Gasteiger partial charge in [-0.3, -0.25) is 13.9 Å². The highest BCUT2D eigenvalue weighted by molar-refractivity contribution is 7.92. The molecule has 214 valence electrons. The van der Waals surface area contributed by atoms with Crippen LogP contribution in [0.15, 0.2) is 71.6 Å². The number of carbonyl (C=O) groups is 2. The fourth-order valence-electron chi connectivity index (χ4n) is 4.18. The minimum absolute atomic E-state index is 0.00914. The van der Waals surface area contributed by atoms with E-state index in [1.807, 2.05) is 6.92 Å². The Morgan fingerprint density at radius 3 is 2.20 bits per heavy atom. The molecule has 1 atom stereocenters. The van der Waals surface area contributed by atoms with E-state index < -0.39 is 28.5 Å². The van der Waals surface area contributed by atoms with Crippen LogP contribution in [0.25, 0.3) is 0 Å². The van der Waals surface area contributed by atoms with Gasteiger partial charge in [0.1, 0.15) is 18.3 Å². The monoisotopic (exact) mass is 605 g/mol. The fourth-order valence-corrected chi connectivity index (χ4v) is 6.05. The van der Waals surface area contributed by atoms with E-state index in [0.29, 0.717) is 18.7 Å². The van der Waals surface area contributed by atoms with Gasteiger partial charge in [0.15, 0.2) is 0 Å². The van der Waals surface area contributed by atoms with Crippen molar-refractivity contribution in [1.29, 1.82) is 0 Å². The highest BCUT2D eigenvalue weighted by Gasteiger charge is 2.34. The zero-order valence-electron chi connectivity index (χ0n) is 22.9. The number of methoxy groups -OCH3 is 1. The number of sulfonamides is 1. The number of nitrogens with zero attached hydrogens (tertiary/aromatic N) is 2. The van der Waals surface area contributed by atoms with Gasteiger partial charge in [-0.05, 0) is 62.2 Å². The largest absolute Gasteiger partial charge is 0.497 e. The summed E-state index contributed by atoms with van der Waals surface area (Å²) < 4.78 is 34.0. The second-order valence-electron chi connectivity index (χ2n) is 9.09. The summed E-state index contributed by atoms with van der Waals surface area (Å²) in [6.45, 7) is 5.27. The summed E-state index contributed by atoms with van der Waals surface area (Å²) in [7, 11) is -2.71. The Morgan fingerprint density at radius 2 is 1.62 bits per heavy atom. The van der Waals surface area contributed by atoms with Crippen LogP contribution >= 0.6 is 23.2 Å². The van der Waals surface area contributed by atoms with Crippen molar-refractivity contribution in [2.75, 3.05) is 24.5 Å². The Kier molecular flexibility index (Phi) is 10.8. The first-order valence-electron chi connectivity index (χ1n) is 12.8. The first-order valence-corrected chi connectivity index (χ1v) is 15.0. The van der Waals surface area contributed by atoms with Gasteiger partial charge in [-0.25, -0.2) is 8.42 Å². The number of anilines is 1. The Bertz CT molecular complexity index is 1430. The van der Waals surface area contributed by atoms with Crippen LogP contribution in [0, 0.1) is 6.92 Å². The second kappa shape index (κ2) is 13.9. The standard InChI is InChI=1S/C29H33Cl2N3O5S/c1-5-25(29(36)32-6-2)33(18-21-12-14-22(39-4)15-13-21)27(35)19-34(26-9-7-8-24(30)28(26)31)40(37,38)23-16-10-20(3)11-17-23/h7-17,25H,5-6,18-19H2,1-4H3,(H,32,36). The van der Waals surface area contributed by atoms with Crippen LogP contribution in [0.4, 0.5) is 5.69 Å². The Hall–Kier alpha value is -3.27. The molecule has 0 aliphatic heterocycles. The van der Waals surface area contributed by atoms with Crippen molar-refractivity contribution in [3.05, 3.63) is 87.9 Å². The number of carbonyl (C=O) groups excluding carboxylic acids is 2. The lowest BCUT2D eigenvalue weighted by molar-refractivity contribution is -0.140. The number of rotatable bonds is 12. The van der Waals surface area contributed by atoms with E-state index in [1.54, 1.807) is 63.4 Å². The molecule has 0 saturated heterocycles. The SMILES string of the molecule is CCNC(=O)C(CC)N(Cc1ccc(OC)cc1)C(=O)CN(c1cccc(Cl)c1Cl)S(=O)(=O)c1ccc(C)cc1. The second-order valence-corrected chi connectivity index (χ2v) is 11.7. The van der Waals surface area contributed by atoms with E-state index in [4.69, 9.17) is 27.9 Å². The number of nitrogens with one attached hydrogen (secondary N) is 1.